The van der Waals surface area contributed by atoms with Gasteiger partial charge in [-0.1, -0.05) is 36.4 Å². The average molecular weight is 859 g/mol. The smallest absolute Gasteiger partial charge is 0.341 e. The molecule has 0 spiro atoms. The Kier molecular flexibility index (Phi) is 15.1. The van der Waals surface area contributed by atoms with Gasteiger partial charge in [-0.15, -0.1) is 0 Å². The molecule has 0 atom stereocenters. The standard InChI is InChI=1S/C23H16F5N3O3.C21H17F2N3O2/c24-17-2-1-3-18(11-17)31(21(33)14-6-8-29-9-7-14)13-16-5-4-15(10-19(16)25)20(32)12-30-22(34)23(26,27)28;22-17-2-1-3-18(11-17)26(21(28)14-6-8-25-9-7-14)13-16-5-4-15(10-19(16)23)20(27)12-24/h1-11H,12-13H2,(H,30,34);1-11H,12-13,24H2. The third-order valence-electron chi connectivity index (χ3n) is 8.84. The van der Waals surface area contributed by atoms with Gasteiger partial charge < -0.3 is 20.9 Å². The number of nitrogens with two attached hydrogens (primary N) is 1. The number of Topliss-reactive ketones (excluding diaryl/α,β-unsaturated/α-hetero) is 2. The molecule has 0 bridgehead atoms. The van der Waals surface area contributed by atoms with Crippen molar-refractivity contribution in [1.82, 2.24) is 15.3 Å². The summed E-state index contributed by atoms with van der Waals surface area (Å²) in [5.41, 5.74) is 6.29. The van der Waals surface area contributed by atoms with Crippen molar-refractivity contribution in [2.45, 2.75) is 19.3 Å². The van der Waals surface area contributed by atoms with E-state index < -0.39 is 59.5 Å². The minimum absolute atomic E-state index is 0.0393. The Bertz CT molecular complexity index is 2580. The number of benzene rings is 4. The van der Waals surface area contributed by atoms with Crippen LogP contribution in [0, 0.1) is 23.3 Å². The summed E-state index contributed by atoms with van der Waals surface area (Å²) in [7, 11) is 0. The summed E-state index contributed by atoms with van der Waals surface area (Å²) < 4.78 is 93.6. The molecular weight excluding hydrogens is 826 g/mol. The monoisotopic (exact) mass is 858 g/mol. The second-order valence-electron chi connectivity index (χ2n) is 13.1. The van der Waals surface area contributed by atoms with E-state index in [4.69, 9.17) is 5.73 Å². The Hall–Kier alpha value is -7.60. The van der Waals surface area contributed by atoms with Gasteiger partial charge in [-0.05, 0) is 72.8 Å². The number of pyridine rings is 2. The lowest BCUT2D eigenvalue weighted by Gasteiger charge is -2.23. The number of carbonyl (C=O) groups excluding carboxylic acids is 5. The molecule has 318 valence electrons. The van der Waals surface area contributed by atoms with Crippen molar-refractivity contribution in [1.29, 1.82) is 0 Å². The number of rotatable bonds is 13. The van der Waals surface area contributed by atoms with Crippen LogP contribution in [-0.4, -0.2) is 58.5 Å². The molecule has 11 nitrogen and oxygen atoms in total. The summed E-state index contributed by atoms with van der Waals surface area (Å²) in [6.07, 6.45) is 0.539. The van der Waals surface area contributed by atoms with Gasteiger partial charge in [-0.25, -0.2) is 17.6 Å². The van der Waals surface area contributed by atoms with E-state index in [0.29, 0.717) is 5.56 Å². The van der Waals surface area contributed by atoms with Crippen molar-refractivity contribution in [2.75, 3.05) is 22.9 Å². The third-order valence-corrected chi connectivity index (χ3v) is 8.84. The van der Waals surface area contributed by atoms with Crippen LogP contribution >= 0.6 is 0 Å². The Balaban J connectivity index is 0.000000238. The van der Waals surface area contributed by atoms with Gasteiger partial charge in [0.25, 0.3) is 11.8 Å². The van der Waals surface area contributed by atoms with E-state index >= 15 is 0 Å². The first-order chi connectivity index (χ1) is 29.5. The zero-order valence-corrected chi connectivity index (χ0v) is 32.1. The number of aromatic nitrogens is 2. The molecule has 4 aromatic carbocycles. The van der Waals surface area contributed by atoms with E-state index in [1.807, 2.05) is 0 Å². The number of nitrogens with zero attached hydrogens (tertiary/aromatic N) is 4. The normalized spacial score (nSPS) is 10.8. The molecule has 0 aliphatic heterocycles. The van der Waals surface area contributed by atoms with Gasteiger partial charge in [0.05, 0.1) is 26.2 Å². The molecule has 0 saturated heterocycles. The van der Waals surface area contributed by atoms with Gasteiger partial charge in [-0.3, -0.25) is 33.9 Å². The van der Waals surface area contributed by atoms with Gasteiger partial charge in [-0.2, -0.15) is 13.2 Å². The van der Waals surface area contributed by atoms with Crippen LogP contribution in [0.1, 0.15) is 52.6 Å². The number of nitrogens with one attached hydrogen (secondary N) is 1. The fourth-order valence-corrected chi connectivity index (χ4v) is 5.67. The van der Waals surface area contributed by atoms with Crippen LogP contribution in [0.15, 0.2) is 134 Å². The summed E-state index contributed by atoms with van der Waals surface area (Å²) in [6, 6.07) is 23.6. The second kappa shape index (κ2) is 20.6. The maximum atomic E-state index is 14.8. The predicted octanol–water partition coefficient (Wildman–Crippen LogP) is 7.42. The molecule has 0 radical (unpaired) electrons. The second-order valence-corrected chi connectivity index (χ2v) is 13.1. The maximum absolute atomic E-state index is 14.8. The third kappa shape index (κ3) is 12.0. The van der Waals surface area contributed by atoms with Crippen molar-refractivity contribution >= 4 is 40.7 Å². The highest BCUT2D eigenvalue weighted by atomic mass is 19.4. The Labute approximate surface area is 348 Å². The largest absolute Gasteiger partial charge is 0.471 e. The minimum Gasteiger partial charge on any atom is -0.341 e. The maximum Gasteiger partial charge on any atom is 0.471 e. The number of ketones is 2. The fraction of sp³-hybridized carbons (Fsp3) is 0.114. The first-order valence-electron chi connectivity index (χ1n) is 18.2. The molecule has 2 aromatic heterocycles. The summed E-state index contributed by atoms with van der Waals surface area (Å²) in [5, 5.41) is 1.42. The van der Waals surface area contributed by atoms with Crippen LogP contribution in [0.3, 0.4) is 0 Å². The first kappa shape index (κ1) is 45.5. The fourth-order valence-electron chi connectivity index (χ4n) is 5.67. The SMILES string of the molecule is NCC(=O)c1ccc(CN(C(=O)c2ccncc2)c2cccc(F)c2)c(F)c1.O=C(CNC(=O)C(F)(F)F)c1ccc(CN(C(=O)c2ccncc2)c2cccc(F)c2)c(F)c1. The molecule has 2 heterocycles. The zero-order chi connectivity index (χ0) is 45.0. The van der Waals surface area contributed by atoms with Crippen molar-refractivity contribution < 1.29 is 54.7 Å². The molecule has 62 heavy (non-hydrogen) atoms. The molecule has 6 rings (SSSR count). The van der Waals surface area contributed by atoms with E-state index in [9.17, 15) is 54.7 Å². The van der Waals surface area contributed by atoms with E-state index in [1.54, 1.807) is 6.07 Å². The summed E-state index contributed by atoms with van der Waals surface area (Å²) in [6.45, 7) is -1.69. The highest BCUT2D eigenvalue weighted by Crippen LogP contribution is 2.25. The molecule has 0 aliphatic rings. The molecule has 0 aliphatic carbocycles. The number of alkyl halides is 3. The van der Waals surface area contributed by atoms with Crippen molar-refractivity contribution in [2.24, 2.45) is 5.73 Å². The lowest BCUT2D eigenvalue weighted by atomic mass is 10.1. The van der Waals surface area contributed by atoms with Crippen LogP contribution in [0.25, 0.3) is 0 Å². The number of hydrogen-bond acceptors (Lipinski definition) is 8. The Morgan fingerprint density at radius 3 is 1.34 bits per heavy atom. The van der Waals surface area contributed by atoms with Crippen LogP contribution in [0.5, 0.6) is 0 Å². The van der Waals surface area contributed by atoms with Crippen molar-refractivity contribution in [3.8, 4) is 0 Å². The summed E-state index contributed by atoms with van der Waals surface area (Å²) in [4.78, 5) is 70.7. The molecule has 0 unspecified atom stereocenters. The summed E-state index contributed by atoms with van der Waals surface area (Å²) in [5.74, 6) is -7.34. The number of hydrogen-bond donors (Lipinski definition) is 2. The van der Waals surface area contributed by atoms with Crippen LogP contribution in [0.2, 0.25) is 0 Å². The number of anilines is 2. The zero-order valence-electron chi connectivity index (χ0n) is 32.1. The predicted molar refractivity (Wildman–Crippen MR) is 212 cm³/mol. The Morgan fingerprint density at radius 2 is 0.968 bits per heavy atom. The molecular formula is C44H33F7N6O5. The van der Waals surface area contributed by atoms with Gasteiger partial charge in [0, 0.05) is 69.5 Å². The van der Waals surface area contributed by atoms with Crippen molar-refractivity contribution in [3.05, 3.63) is 191 Å². The highest BCUT2D eigenvalue weighted by molar-refractivity contribution is 6.07. The lowest BCUT2D eigenvalue weighted by Crippen LogP contribution is -2.39. The van der Waals surface area contributed by atoms with E-state index in [-0.39, 0.29) is 64.6 Å². The van der Waals surface area contributed by atoms with Crippen LogP contribution in [-0.2, 0) is 17.9 Å². The Morgan fingerprint density at radius 1 is 0.548 bits per heavy atom. The number of halogens is 7. The van der Waals surface area contributed by atoms with Gasteiger partial charge in [0.15, 0.2) is 11.6 Å². The lowest BCUT2D eigenvalue weighted by molar-refractivity contribution is -0.173. The topological polar surface area (TPSA) is 156 Å². The van der Waals surface area contributed by atoms with Gasteiger partial charge >= 0.3 is 12.1 Å². The average Bonchev–Trinajstić information content (AvgIpc) is 3.27. The molecule has 18 heteroatoms. The summed E-state index contributed by atoms with van der Waals surface area (Å²) >= 11 is 0. The number of amides is 3. The van der Waals surface area contributed by atoms with E-state index in [0.717, 1.165) is 29.2 Å². The molecule has 3 amide bonds. The first-order valence-corrected chi connectivity index (χ1v) is 18.2. The van der Waals surface area contributed by atoms with Crippen LogP contribution in [0.4, 0.5) is 42.1 Å². The molecule has 6 aromatic rings. The van der Waals surface area contributed by atoms with E-state index in [1.165, 1.54) is 114 Å². The van der Waals surface area contributed by atoms with Crippen molar-refractivity contribution in [3.63, 3.8) is 0 Å². The number of carbonyl (C=O) groups is 5. The van der Waals surface area contributed by atoms with Gasteiger partial charge in [0.2, 0.25) is 0 Å². The van der Waals surface area contributed by atoms with E-state index in [2.05, 4.69) is 9.97 Å². The molecule has 3 N–H and O–H groups in total. The minimum atomic E-state index is -5.16. The highest BCUT2D eigenvalue weighted by Gasteiger charge is 2.38. The molecule has 0 fully saturated rings. The van der Waals surface area contributed by atoms with Crippen LogP contribution < -0.4 is 20.9 Å². The quantitative estimate of drug-likeness (QED) is 0.0899. The molecule has 0 saturated carbocycles. The van der Waals surface area contributed by atoms with Gasteiger partial charge in [0.1, 0.15) is 23.3 Å².